The van der Waals surface area contributed by atoms with Crippen LogP contribution < -0.4 is 10.1 Å². The third-order valence-corrected chi connectivity index (χ3v) is 2.95. The maximum absolute atomic E-state index is 5.63. The number of aromatic nitrogens is 2. The number of aromatic amines is 1. The number of hydrogen-bond acceptors (Lipinski definition) is 3. The summed E-state index contributed by atoms with van der Waals surface area (Å²) in [5.41, 5.74) is 2.28. The van der Waals surface area contributed by atoms with Gasteiger partial charge in [0.05, 0.1) is 6.20 Å². The minimum Gasteiger partial charge on any atom is -0.489 e. The van der Waals surface area contributed by atoms with E-state index < -0.39 is 0 Å². The zero-order valence-electron chi connectivity index (χ0n) is 11.1. The molecule has 4 heteroatoms. The van der Waals surface area contributed by atoms with Crippen LogP contribution in [0.1, 0.15) is 24.1 Å². The Morgan fingerprint density at radius 3 is 3.05 bits per heavy atom. The standard InChI is InChI=1S/C15H19N3O/c1-3-8-19-15-7-5-4-6-13(15)9-16-12(2)14-10-17-18-11-14/h3-7,10-12,16H,1,8-9H2,2H3,(H,17,18). The van der Waals surface area contributed by atoms with Gasteiger partial charge in [-0.3, -0.25) is 5.10 Å². The van der Waals surface area contributed by atoms with Gasteiger partial charge in [-0.15, -0.1) is 0 Å². The Hall–Kier alpha value is -2.07. The fourth-order valence-corrected chi connectivity index (χ4v) is 1.82. The summed E-state index contributed by atoms with van der Waals surface area (Å²) in [5.74, 6) is 0.897. The lowest BCUT2D eigenvalue weighted by Crippen LogP contribution is -2.18. The van der Waals surface area contributed by atoms with Crippen molar-refractivity contribution in [2.45, 2.75) is 19.5 Å². The van der Waals surface area contributed by atoms with Gasteiger partial charge in [0.2, 0.25) is 0 Å². The SMILES string of the molecule is C=CCOc1ccccc1CNC(C)c1cn[nH]c1. The number of rotatable bonds is 7. The van der Waals surface area contributed by atoms with Crippen molar-refractivity contribution in [3.63, 3.8) is 0 Å². The van der Waals surface area contributed by atoms with Crippen LogP contribution in [0.5, 0.6) is 5.75 Å². The molecule has 1 unspecified atom stereocenters. The highest BCUT2D eigenvalue weighted by Crippen LogP contribution is 2.19. The fraction of sp³-hybridized carbons (Fsp3) is 0.267. The lowest BCUT2D eigenvalue weighted by atomic mass is 10.1. The number of nitrogens with one attached hydrogen (secondary N) is 2. The van der Waals surface area contributed by atoms with E-state index in [1.807, 2.05) is 30.6 Å². The number of hydrogen-bond donors (Lipinski definition) is 2. The van der Waals surface area contributed by atoms with E-state index in [4.69, 9.17) is 4.74 Å². The van der Waals surface area contributed by atoms with Gasteiger partial charge in [0.1, 0.15) is 12.4 Å². The lowest BCUT2D eigenvalue weighted by Gasteiger charge is -2.14. The van der Waals surface area contributed by atoms with Crippen LogP contribution in [0.4, 0.5) is 0 Å². The van der Waals surface area contributed by atoms with Crippen LogP contribution in [0.25, 0.3) is 0 Å². The molecule has 0 bridgehead atoms. The van der Waals surface area contributed by atoms with Gasteiger partial charge in [0.25, 0.3) is 0 Å². The van der Waals surface area contributed by atoms with E-state index in [0.717, 1.165) is 23.4 Å². The molecule has 1 aromatic heterocycles. The normalized spacial score (nSPS) is 12.1. The van der Waals surface area contributed by atoms with Crippen LogP contribution in [-0.2, 0) is 6.54 Å². The zero-order valence-corrected chi connectivity index (χ0v) is 11.1. The lowest BCUT2D eigenvalue weighted by molar-refractivity contribution is 0.357. The largest absolute Gasteiger partial charge is 0.489 e. The molecule has 0 aliphatic carbocycles. The van der Waals surface area contributed by atoms with Crippen molar-refractivity contribution < 1.29 is 4.74 Å². The molecule has 1 aromatic carbocycles. The summed E-state index contributed by atoms with van der Waals surface area (Å²) in [6, 6.07) is 8.27. The van der Waals surface area contributed by atoms with Gasteiger partial charge in [0, 0.05) is 29.9 Å². The molecule has 0 aliphatic heterocycles. The molecular weight excluding hydrogens is 238 g/mol. The summed E-state index contributed by atoms with van der Waals surface area (Å²) < 4.78 is 5.63. The first-order chi connectivity index (χ1) is 9.31. The van der Waals surface area contributed by atoms with Crippen LogP contribution in [0.2, 0.25) is 0 Å². The number of ether oxygens (including phenoxy) is 1. The molecule has 1 atom stereocenters. The van der Waals surface area contributed by atoms with Crippen LogP contribution in [0, 0.1) is 0 Å². The number of para-hydroxylation sites is 1. The third-order valence-electron chi connectivity index (χ3n) is 2.95. The molecule has 1 heterocycles. The highest BCUT2D eigenvalue weighted by Gasteiger charge is 2.08. The average molecular weight is 257 g/mol. The van der Waals surface area contributed by atoms with E-state index in [2.05, 4.69) is 35.1 Å². The predicted molar refractivity (Wildman–Crippen MR) is 76.0 cm³/mol. The minimum atomic E-state index is 0.242. The molecule has 4 nitrogen and oxygen atoms in total. The summed E-state index contributed by atoms with van der Waals surface area (Å²) in [7, 11) is 0. The third kappa shape index (κ3) is 3.69. The van der Waals surface area contributed by atoms with Crippen molar-refractivity contribution in [3.8, 4) is 5.75 Å². The van der Waals surface area contributed by atoms with E-state index in [1.54, 1.807) is 6.08 Å². The topological polar surface area (TPSA) is 49.9 Å². The van der Waals surface area contributed by atoms with Crippen molar-refractivity contribution in [3.05, 3.63) is 60.4 Å². The van der Waals surface area contributed by atoms with Crippen molar-refractivity contribution in [1.29, 1.82) is 0 Å². The average Bonchev–Trinajstić information content (AvgIpc) is 2.97. The maximum Gasteiger partial charge on any atom is 0.124 e. The van der Waals surface area contributed by atoms with Crippen molar-refractivity contribution in [1.82, 2.24) is 15.5 Å². The van der Waals surface area contributed by atoms with Gasteiger partial charge in [-0.05, 0) is 13.0 Å². The molecule has 2 aromatic rings. The van der Waals surface area contributed by atoms with Crippen LogP contribution in [0.3, 0.4) is 0 Å². The van der Waals surface area contributed by atoms with E-state index in [9.17, 15) is 0 Å². The number of benzene rings is 1. The molecule has 0 aliphatic rings. The molecular formula is C15H19N3O. The van der Waals surface area contributed by atoms with Gasteiger partial charge in [-0.2, -0.15) is 5.10 Å². The monoisotopic (exact) mass is 257 g/mol. The minimum absolute atomic E-state index is 0.242. The molecule has 100 valence electrons. The van der Waals surface area contributed by atoms with Crippen LogP contribution >= 0.6 is 0 Å². The number of nitrogens with zero attached hydrogens (tertiary/aromatic N) is 1. The summed E-state index contributed by atoms with van der Waals surface area (Å²) in [5, 5.41) is 10.2. The van der Waals surface area contributed by atoms with Crippen molar-refractivity contribution in [2.75, 3.05) is 6.61 Å². The van der Waals surface area contributed by atoms with E-state index >= 15 is 0 Å². The van der Waals surface area contributed by atoms with Crippen molar-refractivity contribution in [2.24, 2.45) is 0 Å². The molecule has 2 rings (SSSR count). The zero-order chi connectivity index (χ0) is 13.5. The van der Waals surface area contributed by atoms with Gasteiger partial charge in [-0.25, -0.2) is 0 Å². The smallest absolute Gasteiger partial charge is 0.124 e. The summed E-state index contributed by atoms with van der Waals surface area (Å²) in [6.07, 6.45) is 5.48. The second-order valence-corrected chi connectivity index (χ2v) is 4.34. The molecule has 0 saturated heterocycles. The molecule has 2 N–H and O–H groups in total. The second-order valence-electron chi connectivity index (χ2n) is 4.34. The van der Waals surface area contributed by atoms with Crippen LogP contribution in [0.15, 0.2) is 49.3 Å². The van der Waals surface area contributed by atoms with E-state index in [1.165, 1.54) is 0 Å². The van der Waals surface area contributed by atoms with Crippen LogP contribution in [-0.4, -0.2) is 16.8 Å². The molecule has 0 saturated carbocycles. The Morgan fingerprint density at radius 1 is 1.47 bits per heavy atom. The quantitative estimate of drug-likeness (QED) is 0.750. The highest BCUT2D eigenvalue weighted by atomic mass is 16.5. The molecule has 19 heavy (non-hydrogen) atoms. The molecule has 0 amide bonds. The van der Waals surface area contributed by atoms with Gasteiger partial charge < -0.3 is 10.1 Å². The van der Waals surface area contributed by atoms with Crippen molar-refractivity contribution >= 4 is 0 Å². The summed E-state index contributed by atoms with van der Waals surface area (Å²) in [4.78, 5) is 0. The summed E-state index contributed by atoms with van der Waals surface area (Å²) in [6.45, 7) is 7.04. The number of H-pyrrole nitrogens is 1. The first-order valence-corrected chi connectivity index (χ1v) is 6.35. The maximum atomic E-state index is 5.63. The second kappa shape index (κ2) is 6.75. The predicted octanol–water partition coefficient (Wildman–Crippen LogP) is 2.83. The van der Waals surface area contributed by atoms with E-state index in [-0.39, 0.29) is 6.04 Å². The Kier molecular flexibility index (Phi) is 4.75. The molecule has 0 radical (unpaired) electrons. The fourth-order valence-electron chi connectivity index (χ4n) is 1.82. The molecule has 0 spiro atoms. The Labute approximate surface area is 113 Å². The van der Waals surface area contributed by atoms with Gasteiger partial charge in [-0.1, -0.05) is 30.9 Å². The van der Waals surface area contributed by atoms with Gasteiger partial charge >= 0.3 is 0 Å². The highest BCUT2D eigenvalue weighted by molar-refractivity contribution is 5.33. The Bertz CT molecular complexity index is 508. The Morgan fingerprint density at radius 2 is 2.32 bits per heavy atom. The Balaban J connectivity index is 1.97. The van der Waals surface area contributed by atoms with E-state index in [0.29, 0.717) is 6.61 Å². The first-order valence-electron chi connectivity index (χ1n) is 6.35. The summed E-state index contributed by atoms with van der Waals surface area (Å²) >= 11 is 0. The van der Waals surface area contributed by atoms with Gasteiger partial charge in [0.15, 0.2) is 0 Å². The molecule has 0 fully saturated rings. The first kappa shape index (κ1) is 13.4.